The first kappa shape index (κ1) is 18.7. The lowest BCUT2D eigenvalue weighted by molar-refractivity contribution is -0.176. The second kappa shape index (κ2) is 5.97. The number of allylic oxidation sites excluding steroid dienone is 1. The van der Waals surface area contributed by atoms with Crippen LogP contribution in [0.2, 0.25) is 0 Å². The van der Waals surface area contributed by atoms with Crippen LogP contribution in [0.3, 0.4) is 0 Å². The van der Waals surface area contributed by atoms with Crippen molar-refractivity contribution >= 4 is 5.97 Å². The highest BCUT2D eigenvalue weighted by Crippen LogP contribution is 2.64. The summed E-state index contributed by atoms with van der Waals surface area (Å²) in [6, 6.07) is 0. The first-order valence-electron chi connectivity index (χ1n) is 9.75. The molecule has 0 unspecified atom stereocenters. The second-order valence-corrected chi connectivity index (χ2v) is 9.65. The molecule has 6 atom stereocenters. The number of hydrogen-bond donors (Lipinski definition) is 1. The molecular weight excluding hydrogens is 312 g/mol. The summed E-state index contributed by atoms with van der Waals surface area (Å²) in [6.07, 6.45) is 8.82. The molecule has 0 aromatic carbocycles. The molecule has 0 aromatic heterocycles. The Morgan fingerprint density at radius 2 is 2.00 bits per heavy atom. The highest BCUT2D eigenvalue weighted by atomic mass is 16.5. The predicted octanol–water partition coefficient (Wildman–Crippen LogP) is 4.65. The third-order valence-corrected chi connectivity index (χ3v) is 7.86. The van der Waals surface area contributed by atoms with Crippen molar-refractivity contribution in [2.24, 2.45) is 28.1 Å². The summed E-state index contributed by atoms with van der Waals surface area (Å²) >= 11 is 0. The van der Waals surface area contributed by atoms with Gasteiger partial charge in [-0.15, -0.1) is 6.58 Å². The Labute approximate surface area is 152 Å². The van der Waals surface area contributed by atoms with Crippen LogP contribution in [0.1, 0.15) is 66.7 Å². The average molecular weight is 347 g/mol. The molecule has 0 bridgehead atoms. The van der Waals surface area contributed by atoms with Gasteiger partial charge in [-0.05, 0) is 49.4 Å². The van der Waals surface area contributed by atoms with Crippen molar-refractivity contribution in [2.45, 2.75) is 78.9 Å². The van der Waals surface area contributed by atoms with Gasteiger partial charge in [0.15, 0.2) is 0 Å². The Kier molecular flexibility index (Phi) is 4.47. The number of carbonyl (C=O) groups excluding carboxylic acids is 1. The minimum Gasteiger partial charge on any atom is -0.462 e. The summed E-state index contributed by atoms with van der Waals surface area (Å²) in [4.78, 5) is 11.5. The number of aliphatic hydroxyl groups is 1. The molecule has 0 amide bonds. The van der Waals surface area contributed by atoms with Crippen LogP contribution in [0.5, 0.6) is 0 Å². The molecule has 3 aliphatic rings. The van der Waals surface area contributed by atoms with Gasteiger partial charge < -0.3 is 9.84 Å². The van der Waals surface area contributed by atoms with Crippen molar-refractivity contribution in [3.8, 4) is 0 Å². The van der Waals surface area contributed by atoms with Gasteiger partial charge in [-0.25, -0.2) is 0 Å². The van der Waals surface area contributed by atoms with E-state index in [1.54, 1.807) is 0 Å². The Bertz CT molecular complexity index is 604. The van der Waals surface area contributed by atoms with Crippen LogP contribution in [0, 0.1) is 28.1 Å². The first-order valence-corrected chi connectivity index (χ1v) is 9.75. The van der Waals surface area contributed by atoms with E-state index in [0.29, 0.717) is 11.8 Å². The molecule has 3 heteroatoms. The zero-order valence-corrected chi connectivity index (χ0v) is 16.5. The normalized spacial score (nSPS) is 45.6. The molecule has 0 aliphatic heterocycles. The average Bonchev–Trinajstić information content (AvgIpc) is 2.52. The summed E-state index contributed by atoms with van der Waals surface area (Å²) in [5, 5.41) is 10.8. The van der Waals surface area contributed by atoms with E-state index in [1.165, 1.54) is 12.5 Å². The fraction of sp³-hybridized carbons (Fsp3) is 0.773. The molecule has 0 heterocycles. The lowest BCUT2D eigenvalue weighted by atomic mass is 9.44. The largest absolute Gasteiger partial charge is 0.462 e. The standard InChI is InChI=1S/C22H34O3/c1-7-21(5)13-15-8-9-17-20(3,4)19(25-14(2)23)10-11-22(17,6)16(15)12-18(21)24/h7,13,16-19,24H,1,8-12H2,2-6H3/t16-,17-,18+,19-,21+,22+/m1/s1. The van der Waals surface area contributed by atoms with E-state index in [0.717, 1.165) is 32.1 Å². The smallest absolute Gasteiger partial charge is 0.302 e. The molecule has 0 aromatic rings. The number of carbonyl (C=O) groups is 1. The third kappa shape index (κ3) is 2.79. The molecule has 2 fully saturated rings. The van der Waals surface area contributed by atoms with Crippen LogP contribution in [0.4, 0.5) is 0 Å². The van der Waals surface area contributed by atoms with Gasteiger partial charge in [-0.2, -0.15) is 0 Å². The molecule has 3 nitrogen and oxygen atoms in total. The zero-order valence-electron chi connectivity index (χ0n) is 16.5. The Morgan fingerprint density at radius 3 is 2.60 bits per heavy atom. The minimum atomic E-state index is -0.372. The number of fused-ring (bicyclic) bond motifs is 3. The van der Waals surface area contributed by atoms with E-state index in [4.69, 9.17) is 4.74 Å². The fourth-order valence-electron chi connectivity index (χ4n) is 6.26. The van der Waals surface area contributed by atoms with Crippen LogP contribution >= 0.6 is 0 Å². The van der Waals surface area contributed by atoms with E-state index in [1.807, 2.05) is 6.08 Å². The van der Waals surface area contributed by atoms with Gasteiger partial charge in [0.1, 0.15) is 6.10 Å². The van der Waals surface area contributed by atoms with Crippen molar-refractivity contribution in [1.82, 2.24) is 0 Å². The molecule has 1 N–H and O–H groups in total. The summed E-state index contributed by atoms with van der Waals surface area (Å²) in [5.41, 5.74) is 1.33. The van der Waals surface area contributed by atoms with Gasteiger partial charge in [-0.1, -0.05) is 45.4 Å². The van der Waals surface area contributed by atoms with Crippen LogP contribution in [0.15, 0.2) is 24.3 Å². The lowest BCUT2D eigenvalue weighted by Gasteiger charge is -2.61. The van der Waals surface area contributed by atoms with Gasteiger partial charge in [0.25, 0.3) is 0 Å². The number of ether oxygens (including phenoxy) is 1. The number of hydrogen-bond acceptors (Lipinski definition) is 3. The SMILES string of the molecule is C=C[C@@]1(C)C=C2CC[C@@H]3C(C)(C)[C@H](OC(C)=O)CC[C@@]3(C)[C@@H]2C[C@@H]1O. The van der Waals surface area contributed by atoms with Crippen molar-refractivity contribution in [1.29, 1.82) is 0 Å². The number of aliphatic hydroxyl groups excluding tert-OH is 1. The van der Waals surface area contributed by atoms with Gasteiger partial charge in [-0.3, -0.25) is 4.79 Å². The number of rotatable bonds is 2. The van der Waals surface area contributed by atoms with Gasteiger partial charge in [0.2, 0.25) is 0 Å². The van der Waals surface area contributed by atoms with Gasteiger partial charge >= 0.3 is 5.97 Å². The van der Waals surface area contributed by atoms with Crippen molar-refractivity contribution in [3.05, 3.63) is 24.3 Å². The van der Waals surface area contributed by atoms with E-state index in [2.05, 4.69) is 40.3 Å². The van der Waals surface area contributed by atoms with E-state index in [-0.39, 0.29) is 34.4 Å². The van der Waals surface area contributed by atoms with Crippen LogP contribution in [0.25, 0.3) is 0 Å². The monoisotopic (exact) mass is 346 g/mol. The molecule has 25 heavy (non-hydrogen) atoms. The van der Waals surface area contributed by atoms with Gasteiger partial charge in [0, 0.05) is 17.8 Å². The molecule has 0 saturated heterocycles. The molecule has 3 aliphatic carbocycles. The van der Waals surface area contributed by atoms with Crippen molar-refractivity contribution in [2.75, 3.05) is 0 Å². The summed E-state index contributed by atoms with van der Waals surface area (Å²) < 4.78 is 5.69. The molecular formula is C22H34O3. The second-order valence-electron chi connectivity index (χ2n) is 9.65. The Morgan fingerprint density at radius 1 is 1.32 bits per heavy atom. The maximum Gasteiger partial charge on any atom is 0.302 e. The number of esters is 1. The summed E-state index contributed by atoms with van der Waals surface area (Å²) in [6.45, 7) is 14.5. The minimum absolute atomic E-state index is 0.000518. The van der Waals surface area contributed by atoms with Crippen LogP contribution in [-0.4, -0.2) is 23.3 Å². The maximum atomic E-state index is 11.5. The van der Waals surface area contributed by atoms with Crippen LogP contribution < -0.4 is 0 Å². The lowest BCUT2D eigenvalue weighted by Crippen LogP contribution is -2.57. The molecule has 140 valence electrons. The maximum absolute atomic E-state index is 11.5. The highest BCUT2D eigenvalue weighted by molar-refractivity contribution is 5.66. The quantitative estimate of drug-likeness (QED) is 0.584. The van der Waals surface area contributed by atoms with Crippen LogP contribution in [-0.2, 0) is 9.53 Å². The summed E-state index contributed by atoms with van der Waals surface area (Å²) in [5.74, 6) is 0.750. The summed E-state index contributed by atoms with van der Waals surface area (Å²) in [7, 11) is 0. The topological polar surface area (TPSA) is 46.5 Å². The van der Waals surface area contributed by atoms with E-state index < -0.39 is 0 Å². The predicted molar refractivity (Wildman–Crippen MR) is 99.9 cm³/mol. The van der Waals surface area contributed by atoms with E-state index in [9.17, 15) is 9.90 Å². The van der Waals surface area contributed by atoms with E-state index >= 15 is 0 Å². The fourth-order valence-corrected chi connectivity index (χ4v) is 6.26. The van der Waals surface area contributed by atoms with Gasteiger partial charge in [0.05, 0.1) is 6.10 Å². The third-order valence-electron chi connectivity index (χ3n) is 7.86. The Hall–Kier alpha value is -1.09. The highest BCUT2D eigenvalue weighted by Gasteiger charge is 2.58. The Balaban J connectivity index is 1.95. The zero-order chi connectivity index (χ0) is 18.6. The molecule has 0 radical (unpaired) electrons. The van der Waals surface area contributed by atoms with Crippen molar-refractivity contribution < 1.29 is 14.6 Å². The first-order chi connectivity index (χ1) is 11.5. The van der Waals surface area contributed by atoms with Crippen molar-refractivity contribution in [3.63, 3.8) is 0 Å². The molecule has 2 saturated carbocycles. The molecule has 0 spiro atoms. The molecule has 3 rings (SSSR count).